The molecule has 0 unspecified atom stereocenters. The largest absolute Gasteiger partial charge is 0.476 e. The number of hydrogen-bond donors (Lipinski definition) is 2. The van der Waals surface area contributed by atoms with Gasteiger partial charge in [-0.15, -0.1) is 11.3 Å². The summed E-state index contributed by atoms with van der Waals surface area (Å²) in [6, 6.07) is 7.77. The van der Waals surface area contributed by atoms with Crippen LogP contribution < -0.4 is 5.32 Å². The van der Waals surface area contributed by atoms with Crippen molar-refractivity contribution in [3.63, 3.8) is 0 Å². The van der Waals surface area contributed by atoms with Gasteiger partial charge in [-0.3, -0.25) is 0 Å². The second-order valence-corrected chi connectivity index (χ2v) is 5.29. The van der Waals surface area contributed by atoms with Gasteiger partial charge in [-0.25, -0.2) is 19.7 Å². The Hall–Kier alpha value is -2.54. The number of rotatable bonds is 5. The molecule has 0 bridgehead atoms. The van der Waals surface area contributed by atoms with Gasteiger partial charge < -0.3 is 10.4 Å². The monoisotopic (exact) mass is 300 g/mol. The lowest BCUT2D eigenvalue weighted by Crippen LogP contribution is -2.07. The van der Waals surface area contributed by atoms with Gasteiger partial charge in [0.25, 0.3) is 0 Å². The van der Waals surface area contributed by atoms with Crippen LogP contribution >= 0.6 is 11.3 Å². The Bertz CT molecular complexity index is 782. The number of carboxylic acid groups (broad SMARTS) is 1. The molecule has 2 N–H and O–H groups in total. The molecule has 0 saturated carbocycles. The Labute approximate surface area is 124 Å². The molecule has 2 heterocycles. The maximum atomic E-state index is 10.8. The average molecular weight is 300 g/mol. The van der Waals surface area contributed by atoms with Crippen molar-refractivity contribution < 1.29 is 9.90 Å². The SMILES string of the molecule is O=C(O)c1csc(CCNc2ncnc3ccccc23)n1. The van der Waals surface area contributed by atoms with Crippen LogP contribution in [-0.2, 0) is 6.42 Å². The summed E-state index contributed by atoms with van der Waals surface area (Å²) in [5.41, 5.74) is 0.986. The standard InChI is InChI=1S/C14H12N4O2S/c19-14(20)11-7-21-12(18-11)5-6-15-13-9-3-1-2-4-10(9)16-8-17-13/h1-4,7-8H,5-6H2,(H,19,20)(H,15,16,17). The molecule has 0 fully saturated rings. The van der Waals surface area contributed by atoms with Crippen LogP contribution in [0.3, 0.4) is 0 Å². The lowest BCUT2D eigenvalue weighted by atomic mass is 10.2. The van der Waals surface area contributed by atoms with Crippen molar-refractivity contribution in [2.75, 3.05) is 11.9 Å². The number of carboxylic acids is 1. The van der Waals surface area contributed by atoms with Gasteiger partial charge in [0.1, 0.15) is 12.1 Å². The van der Waals surface area contributed by atoms with Crippen molar-refractivity contribution >= 4 is 34.0 Å². The fraction of sp³-hybridized carbons (Fsp3) is 0.143. The summed E-state index contributed by atoms with van der Waals surface area (Å²) in [4.78, 5) is 23.3. The molecule has 1 aromatic carbocycles. The lowest BCUT2D eigenvalue weighted by molar-refractivity contribution is 0.0691. The Morgan fingerprint density at radius 3 is 2.95 bits per heavy atom. The minimum absolute atomic E-state index is 0.0995. The molecule has 0 atom stereocenters. The van der Waals surface area contributed by atoms with Gasteiger partial charge >= 0.3 is 5.97 Å². The highest BCUT2D eigenvalue weighted by Crippen LogP contribution is 2.18. The Morgan fingerprint density at radius 2 is 2.14 bits per heavy atom. The first kappa shape index (κ1) is 13.4. The molecular formula is C14H12N4O2S. The molecule has 0 aliphatic heterocycles. The van der Waals surface area contributed by atoms with Crippen LogP contribution in [0.2, 0.25) is 0 Å². The lowest BCUT2D eigenvalue weighted by Gasteiger charge is -2.06. The fourth-order valence-corrected chi connectivity index (χ4v) is 2.73. The number of aromatic carboxylic acids is 1. The molecule has 0 aliphatic carbocycles. The van der Waals surface area contributed by atoms with Crippen LogP contribution in [0, 0.1) is 0 Å². The van der Waals surface area contributed by atoms with Crippen LogP contribution in [0.4, 0.5) is 5.82 Å². The first-order valence-electron chi connectivity index (χ1n) is 6.35. The number of nitrogens with one attached hydrogen (secondary N) is 1. The Kier molecular flexibility index (Phi) is 3.74. The molecule has 6 nitrogen and oxygen atoms in total. The zero-order chi connectivity index (χ0) is 14.7. The first-order valence-corrected chi connectivity index (χ1v) is 7.23. The van der Waals surface area contributed by atoms with Crippen molar-refractivity contribution in [3.05, 3.63) is 46.7 Å². The zero-order valence-corrected chi connectivity index (χ0v) is 11.8. The molecule has 0 saturated heterocycles. The van der Waals surface area contributed by atoms with Crippen LogP contribution in [0.5, 0.6) is 0 Å². The van der Waals surface area contributed by atoms with E-state index in [1.54, 1.807) is 5.38 Å². The van der Waals surface area contributed by atoms with Gasteiger partial charge in [0.2, 0.25) is 0 Å². The summed E-state index contributed by atoms with van der Waals surface area (Å²) >= 11 is 1.35. The highest BCUT2D eigenvalue weighted by molar-refractivity contribution is 7.09. The van der Waals surface area contributed by atoms with E-state index in [1.165, 1.54) is 17.7 Å². The zero-order valence-electron chi connectivity index (χ0n) is 11.0. The number of nitrogens with zero attached hydrogens (tertiary/aromatic N) is 3. The molecule has 7 heteroatoms. The predicted molar refractivity (Wildman–Crippen MR) is 80.8 cm³/mol. The van der Waals surface area contributed by atoms with Gasteiger partial charge in [-0.1, -0.05) is 12.1 Å². The van der Waals surface area contributed by atoms with E-state index in [0.29, 0.717) is 13.0 Å². The van der Waals surface area contributed by atoms with E-state index in [-0.39, 0.29) is 5.69 Å². The van der Waals surface area contributed by atoms with E-state index in [9.17, 15) is 4.79 Å². The van der Waals surface area contributed by atoms with Crippen molar-refractivity contribution in [2.24, 2.45) is 0 Å². The highest BCUT2D eigenvalue weighted by atomic mass is 32.1. The van der Waals surface area contributed by atoms with Crippen LogP contribution in [0.15, 0.2) is 36.0 Å². The molecule has 2 aromatic heterocycles. The van der Waals surface area contributed by atoms with Crippen LogP contribution in [0.25, 0.3) is 10.9 Å². The minimum Gasteiger partial charge on any atom is -0.476 e. The van der Waals surface area contributed by atoms with E-state index < -0.39 is 5.97 Å². The van der Waals surface area contributed by atoms with E-state index >= 15 is 0 Å². The number of benzene rings is 1. The van der Waals surface area contributed by atoms with Gasteiger partial charge in [-0.05, 0) is 12.1 Å². The number of aromatic nitrogens is 3. The van der Waals surface area contributed by atoms with E-state index in [2.05, 4.69) is 20.3 Å². The van der Waals surface area contributed by atoms with Crippen molar-refractivity contribution in [1.29, 1.82) is 0 Å². The molecule has 3 aromatic rings. The second kappa shape index (κ2) is 5.84. The third-order valence-corrected chi connectivity index (χ3v) is 3.85. The maximum Gasteiger partial charge on any atom is 0.355 e. The molecule has 0 radical (unpaired) electrons. The molecule has 0 spiro atoms. The Morgan fingerprint density at radius 1 is 1.29 bits per heavy atom. The third-order valence-electron chi connectivity index (χ3n) is 2.95. The molecule has 3 rings (SSSR count). The van der Waals surface area contributed by atoms with Crippen molar-refractivity contribution in [2.45, 2.75) is 6.42 Å². The van der Waals surface area contributed by atoms with Gasteiger partial charge in [0, 0.05) is 23.7 Å². The van der Waals surface area contributed by atoms with Crippen molar-refractivity contribution in [3.8, 4) is 0 Å². The van der Waals surface area contributed by atoms with Gasteiger partial charge in [0.15, 0.2) is 5.69 Å². The smallest absolute Gasteiger partial charge is 0.355 e. The molecule has 106 valence electrons. The highest BCUT2D eigenvalue weighted by Gasteiger charge is 2.08. The van der Waals surface area contributed by atoms with E-state index in [4.69, 9.17) is 5.11 Å². The number of hydrogen-bond acceptors (Lipinski definition) is 6. The number of carbonyl (C=O) groups is 1. The van der Waals surface area contributed by atoms with Crippen LogP contribution in [-0.4, -0.2) is 32.6 Å². The average Bonchev–Trinajstić information content (AvgIpc) is 2.97. The summed E-state index contributed by atoms with van der Waals surface area (Å²) in [5.74, 6) is -0.220. The molecular weight excluding hydrogens is 288 g/mol. The molecule has 21 heavy (non-hydrogen) atoms. The van der Waals surface area contributed by atoms with E-state index in [1.807, 2.05) is 24.3 Å². The number of para-hydroxylation sites is 1. The summed E-state index contributed by atoms with van der Waals surface area (Å²) in [7, 11) is 0. The van der Waals surface area contributed by atoms with Crippen molar-refractivity contribution in [1.82, 2.24) is 15.0 Å². The first-order chi connectivity index (χ1) is 10.2. The van der Waals surface area contributed by atoms with Gasteiger partial charge in [0.05, 0.1) is 10.5 Å². The third kappa shape index (κ3) is 2.97. The quantitative estimate of drug-likeness (QED) is 0.752. The summed E-state index contributed by atoms with van der Waals surface area (Å²) in [6.45, 7) is 0.633. The minimum atomic E-state index is -0.993. The normalized spacial score (nSPS) is 10.7. The maximum absolute atomic E-state index is 10.8. The van der Waals surface area contributed by atoms with Crippen LogP contribution in [0.1, 0.15) is 15.5 Å². The fourth-order valence-electron chi connectivity index (χ4n) is 1.96. The van der Waals surface area contributed by atoms with Gasteiger partial charge in [-0.2, -0.15) is 0 Å². The Balaban J connectivity index is 1.68. The number of thiazole rings is 1. The summed E-state index contributed by atoms with van der Waals surface area (Å²) in [5, 5.41) is 15.4. The summed E-state index contributed by atoms with van der Waals surface area (Å²) in [6.07, 6.45) is 2.17. The summed E-state index contributed by atoms with van der Waals surface area (Å²) < 4.78 is 0. The molecule has 0 aliphatic rings. The molecule has 0 amide bonds. The number of fused-ring (bicyclic) bond motifs is 1. The number of anilines is 1. The topological polar surface area (TPSA) is 88.0 Å². The second-order valence-electron chi connectivity index (χ2n) is 4.35. The van der Waals surface area contributed by atoms with E-state index in [0.717, 1.165) is 21.7 Å². The predicted octanol–water partition coefficient (Wildman–Crippen LogP) is 2.44.